The highest BCUT2D eigenvalue weighted by Gasteiger charge is 2.17. The molecule has 3 aromatic rings. The summed E-state index contributed by atoms with van der Waals surface area (Å²) >= 11 is 7.36. The van der Waals surface area contributed by atoms with Crippen molar-refractivity contribution in [2.75, 3.05) is 7.11 Å². The van der Waals surface area contributed by atoms with Crippen molar-refractivity contribution >= 4 is 34.6 Å². The van der Waals surface area contributed by atoms with Gasteiger partial charge in [0, 0.05) is 23.1 Å². The number of hydrogen-bond donors (Lipinski definition) is 0. The fourth-order valence-electron chi connectivity index (χ4n) is 2.24. The van der Waals surface area contributed by atoms with Crippen molar-refractivity contribution in [3.8, 4) is 16.3 Å². The lowest BCUT2D eigenvalue weighted by Gasteiger charge is -2.05. The summed E-state index contributed by atoms with van der Waals surface area (Å²) in [4.78, 5) is 26.7. The van der Waals surface area contributed by atoms with Crippen LogP contribution in [0.1, 0.15) is 16.1 Å². The van der Waals surface area contributed by atoms with Gasteiger partial charge in [-0.05, 0) is 30.3 Å². The summed E-state index contributed by atoms with van der Waals surface area (Å²) in [6.45, 7) is -0.0290. The second kappa shape index (κ2) is 8.15. The van der Waals surface area contributed by atoms with Crippen LogP contribution in [0.25, 0.3) is 10.6 Å². The second-order valence-electron chi connectivity index (χ2n) is 5.37. The van der Waals surface area contributed by atoms with E-state index < -0.39 is 10.9 Å². The molecule has 3 rings (SSSR count). The van der Waals surface area contributed by atoms with Crippen LogP contribution in [0.2, 0.25) is 5.02 Å². The van der Waals surface area contributed by atoms with Gasteiger partial charge in [0.25, 0.3) is 5.69 Å². The average molecular weight is 405 g/mol. The molecule has 0 radical (unpaired) electrons. The highest BCUT2D eigenvalue weighted by molar-refractivity contribution is 7.13. The van der Waals surface area contributed by atoms with E-state index in [1.54, 1.807) is 12.5 Å². The molecule has 0 N–H and O–H groups in total. The van der Waals surface area contributed by atoms with Crippen LogP contribution in [-0.2, 0) is 11.3 Å². The van der Waals surface area contributed by atoms with Crippen molar-refractivity contribution in [3.05, 3.63) is 74.2 Å². The summed E-state index contributed by atoms with van der Waals surface area (Å²) in [5, 5.41) is 13.3. The van der Waals surface area contributed by atoms with Crippen molar-refractivity contribution in [1.29, 1.82) is 0 Å². The van der Waals surface area contributed by atoms with E-state index in [1.807, 2.05) is 24.3 Å². The minimum atomic E-state index is -0.672. The first kappa shape index (κ1) is 18.8. The standard InChI is InChI=1S/C18H13ClN2O5S/c1-25-14-5-2-11(3-6-14)17-20-12(10-27-17)9-26-18(22)15-7-4-13(21(23)24)8-16(15)19/h2-8,10H,9H2,1H3. The van der Waals surface area contributed by atoms with Crippen molar-refractivity contribution in [3.63, 3.8) is 0 Å². The predicted molar refractivity (Wildman–Crippen MR) is 101 cm³/mol. The predicted octanol–water partition coefficient (Wildman–Crippen LogP) is 4.74. The Kier molecular flexibility index (Phi) is 5.68. The summed E-state index contributed by atoms with van der Waals surface area (Å²) in [7, 11) is 1.60. The molecule has 138 valence electrons. The molecule has 1 heterocycles. The summed E-state index contributed by atoms with van der Waals surface area (Å²) in [6, 6.07) is 11.1. The van der Waals surface area contributed by atoms with Gasteiger partial charge in [-0.2, -0.15) is 0 Å². The number of hydrogen-bond acceptors (Lipinski definition) is 7. The van der Waals surface area contributed by atoms with Gasteiger partial charge in [0.1, 0.15) is 17.4 Å². The van der Waals surface area contributed by atoms with Crippen LogP contribution >= 0.6 is 22.9 Å². The van der Waals surface area contributed by atoms with E-state index in [1.165, 1.54) is 23.5 Å². The molecule has 27 heavy (non-hydrogen) atoms. The first-order valence-corrected chi connectivity index (χ1v) is 8.93. The smallest absolute Gasteiger partial charge is 0.340 e. The van der Waals surface area contributed by atoms with Crippen molar-refractivity contribution in [2.24, 2.45) is 0 Å². The lowest BCUT2D eigenvalue weighted by Crippen LogP contribution is -2.06. The van der Waals surface area contributed by atoms with Crippen LogP contribution in [-0.4, -0.2) is 23.0 Å². The van der Waals surface area contributed by atoms with E-state index in [0.29, 0.717) is 5.69 Å². The Morgan fingerprint density at radius 2 is 2.00 bits per heavy atom. The molecule has 0 aliphatic rings. The van der Waals surface area contributed by atoms with E-state index in [2.05, 4.69) is 4.98 Å². The Morgan fingerprint density at radius 1 is 1.26 bits per heavy atom. The Hall–Kier alpha value is -2.97. The number of nitro benzene ring substituents is 1. The topological polar surface area (TPSA) is 91.6 Å². The van der Waals surface area contributed by atoms with Gasteiger partial charge >= 0.3 is 5.97 Å². The van der Waals surface area contributed by atoms with Crippen molar-refractivity contribution in [2.45, 2.75) is 6.61 Å². The molecule has 0 aliphatic heterocycles. The third kappa shape index (κ3) is 4.42. The maximum atomic E-state index is 12.2. The van der Waals surface area contributed by atoms with E-state index in [4.69, 9.17) is 21.1 Å². The van der Waals surface area contributed by atoms with Crippen LogP contribution in [0, 0.1) is 10.1 Å². The van der Waals surface area contributed by atoms with Crippen LogP contribution in [0.15, 0.2) is 47.8 Å². The summed E-state index contributed by atoms with van der Waals surface area (Å²) in [6.07, 6.45) is 0. The zero-order chi connectivity index (χ0) is 19.4. The minimum absolute atomic E-state index is 0.0290. The highest BCUT2D eigenvalue weighted by Crippen LogP contribution is 2.27. The van der Waals surface area contributed by atoms with Gasteiger partial charge in [0.2, 0.25) is 0 Å². The molecule has 0 fully saturated rings. The second-order valence-corrected chi connectivity index (χ2v) is 6.64. The normalized spacial score (nSPS) is 10.4. The molecule has 0 bridgehead atoms. The molecule has 0 spiro atoms. The summed E-state index contributed by atoms with van der Waals surface area (Å²) in [5.74, 6) is 0.0818. The molecule has 0 atom stereocenters. The van der Waals surface area contributed by atoms with E-state index in [0.717, 1.165) is 22.4 Å². The molecule has 0 aliphatic carbocycles. The van der Waals surface area contributed by atoms with E-state index in [9.17, 15) is 14.9 Å². The Bertz CT molecular complexity index is 988. The van der Waals surface area contributed by atoms with Gasteiger partial charge in [-0.25, -0.2) is 9.78 Å². The number of esters is 1. The Labute approximate surface area is 163 Å². The zero-order valence-corrected chi connectivity index (χ0v) is 15.6. The van der Waals surface area contributed by atoms with Crippen LogP contribution in [0.4, 0.5) is 5.69 Å². The quantitative estimate of drug-likeness (QED) is 0.335. The van der Waals surface area contributed by atoms with Crippen molar-refractivity contribution in [1.82, 2.24) is 4.98 Å². The Morgan fingerprint density at radius 3 is 2.63 bits per heavy atom. The summed E-state index contributed by atoms with van der Waals surface area (Å²) in [5.41, 5.74) is 1.39. The number of carbonyl (C=O) groups is 1. The molecule has 9 heteroatoms. The zero-order valence-electron chi connectivity index (χ0n) is 14.0. The van der Waals surface area contributed by atoms with Crippen molar-refractivity contribution < 1.29 is 19.2 Å². The molecule has 0 amide bonds. The lowest BCUT2D eigenvalue weighted by atomic mass is 10.2. The number of aromatic nitrogens is 1. The molecule has 0 unspecified atom stereocenters. The number of halogens is 1. The average Bonchev–Trinajstić information content (AvgIpc) is 3.15. The maximum absolute atomic E-state index is 12.2. The van der Waals surface area contributed by atoms with Crippen LogP contribution in [0.3, 0.4) is 0 Å². The summed E-state index contributed by atoms with van der Waals surface area (Å²) < 4.78 is 10.3. The highest BCUT2D eigenvalue weighted by atomic mass is 35.5. The SMILES string of the molecule is COc1ccc(-c2nc(COC(=O)c3ccc([N+](=O)[O-])cc3Cl)cs2)cc1. The van der Waals surface area contributed by atoms with E-state index in [-0.39, 0.29) is 22.9 Å². The van der Waals surface area contributed by atoms with Gasteiger partial charge in [0.05, 0.1) is 28.3 Å². The number of benzene rings is 2. The van der Waals surface area contributed by atoms with Crippen LogP contribution in [0.5, 0.6) is 5.75 Å². The Balaban J connectivity index is 1.66. The molecule has 0 saturated heterocycles. The van der Waals surface area contributed by atoms with E-state index >= 15 is 0 Å². The minimum Gasteiger partial charge on any atom is -0.497 e. The fraction of sp³-hybridized carbons (Fsp3) is 0.111. The largest absolute Gasteiger partial charge is 0.497 e. The first-order valence-electron chi connectivity index (χ1n) is 7.68. The number of thiazole rings is 1. The van der Waals surface area contributed by atoms with Crippen LogP contribution < -0.4 is 4.74 Å². The third-order valence-electron chi connectivity index (χ3n) is 3.62. The fourth-order valence-corrected chi connectivity index (χ4v) is 3.30. The number of ether oxygens (including phenoxy) is 2. The van der Waals surface area contributed by atoms with Gasteiger partial charge in [-0.3, -0.25) is 10.1 Å². The molecule has 1 aromatic heterocycles. The lowest BCUT2D eigenvalue weighted by molar-refractivity contribution is -0.384. The molecule has 0 saturated carbocycles. The number of carbonyl (C=O) groups excluding carboxylic acids is 1. The maximum Gasteiger partial charge on any atom is 0.340 e. The number of rotatable bonds is 6. The van der Waals surface area contributed by atoms with Gasteiger partial charge in [0.15, 0.2) is 0 Å². The van der Waals surface area contributed by atoms with Gasteiger partial charge in [-0.1, -0.05) is 11.6 Å². The molecular formula is C18H13ClN2O5S. The number of nitrogens with zero attached hydrogens (tertiary/aromatic N) is 2. The number of non-ortho nitro benzene ring substituents is 1. The van der Waals surface area contributed by atoms with Gasteiger partial charge in [-0.15, -0.1) is 11.3 Å². The number of methoxy groups -OCH3 is 1. The van der Waals surface area contributed by atoms with Gasteiger partial charge < -0.3 is 9.47 Å². The monoisotopic (exact) mass is 404 g/mol. The molecule has 7 nitrogen and oxygen atoms in total. The number of nitro groups is 1. The molecule has 2 aromatic carbocycles. The first-order chi connectivity index (χ1) is 13.0. The third-order valence-corrected chi connectivity index (χ3v) is 4.88. The molecular weight excluding hydrogens is 392 g/mol.